The second-order valence-electron chi connectivity index (χ2n) is 5.03. The van der Waals surface area contributed by atoms with E-state index in [4.69, 9.17) is 11.6 Å². The van der Waals surface area contributed by atoms with Crippen molar-refractivity contribution >= 4 is 17.5 Å². The molecule has 1 amide bonds. The molecular weight excluding hydrogens is 248 g/mol. The predicted octanol–water partition coefficient (Wildman–Crippen LogP) is 3.39. The Morgan fingerprint density at radius 1 is 1.50 bits per heavy atom. The molecule has 2 rings (SSSR count). The highest BCUT2D eigenvalue weighted by molar-refractivity contribution is 6.32. The zero-order valence-electron chi connectivity index (χ0n) is 10.9. The molecule has 2 heterocycles. The van der Waals surface area contributed by atoms with Crippen LogP contribution < -0.4 is 0 Å². The lowest BCUT2D eigenvalue weighted by atomic mass is 9.82. The van der Waals surface area contributed by atoms with Gasteiger partial charge in [0.15, 0.2) is 0 Å². The first-order chi connectivity index (χ1) is 8.62. The molecule has 0 radical (unpaired) electrons. The van der Waals surface area contributed by atoms with Gasteiger partial charge in [0.1, 0.15) is 5.15 Å². The van der Waals surface area contributed by atoms with Crippen LogP contribution in [0, 0.1) is 5.41 Å². The number of likely N-dealkylation sites (tertiary alicyclic amines) is 1. The average molecular weight is 267 g/mol. The van der Waals surface area contributed by atoms with Gasteiger partial charge in [0.05, 0.1) is 5.56 Å². The lowest BCUT2D eigenvalue weighted by Crippen LogP contribution is -2.32. The molecule has 1 aliphatic rings. The molecule has 0 aromatic carbocycles. The Balaban J connectivity index is 2.15. The van der Waals surface area contributed by atoms with Crippen molar-refractivity contribution in [3.8, 4) is 0 Å². The van der Waals surface area contributed by atoms with E-state index in [2.05, 4.69) is 18.8 Å². The molecule has 4 heteroatoms. The molecule has 0 N–H and O–H groups in total. The third-order valence-electron chi connectivity index (χ3n) is 4.22. The number of rotatable bonds is 3. The summed E-state index contributed by atoms with van der Waals surface area (Å²) in [5.74, 6) is 0.0110. The minimum absolute atomic E-state index is 0.0110. The van der Waals surface area contributed by atoms with Gasteiger partial charge in [0.2, 0.25) is 0 Å². The number of nitrogens with zero attached hydrogens (tertiary/aromatic N) is 2. The first-order valence-electron chi connectivity index (χ1n) is 6.51. The number of amides is 1. The van der Waals surface area contributed by atoms with E-state index in [0.717, 1.165) is 32.4 Å². The number of pyridine rings is 1. The number of hydrogen-bond donors (Lipinski definition) is 0. The van der Waals surface area contributed by atoms with Gasteiger partial charge in [-0.2, -0.15) is 0 Å². The highest BCUT2D eigenvalue weighted by atomic mass is 35.5. The fourth-order valence-corrected chi connectivity index (χ4v) is 2.85. The van der Waals surface area contributed by atoms with E-state index in [-0.39, 0.29) is 5.91 Å². The first kappa shape index (κ1) is 13.3. The zero-order valence-corrected chi connectivity index (χ0v) is 11.7. The summed E-state index contributed by atoms with van der Waals surface area (Å²) >= 11 is 5.98. The number of carbonyl (C=O) groups is 1. The van der Waals surface area contributed by atoms with Crippen LogP contribution in [0.4, 0.5) is 0 Å². The van der Waals surface area contributed by atoms with E-state index >= 15 is 0 Å². The van der Waals surface area contributed by atoms with Crippen LogP contribution in [0.15, 0.2) is 18.3 Å². The smallest absolute Gasteiger partial charge is 0.257 e. The van der Waals surface area contributed by atoms with Crippen LogP contribution in [0.25, 0.3) is 0 Å². The van der Waals surface area contributed by atoms with Crippen LogP contribution in [0.1, 0.15) is 43.5 Å². The molecule has 1 aliphatic heterocycles. The average Bonchev–Trinajstić information content (AvgIpc) is 2.84. The summed E-state index contributed by atoms with van der Waals surface area (Å²) in [6.45, 7) is 6.07. The number of carbonyl (C=O) groups excluding carboxylic acids is 1. The largest absolute Gasteiger partial charge is 0.338 e. The Bertz CT molecular complexity index is 443. The first-order valence-corrected chi connectivity index (χ1v) is 6.89. The van der Waals surface area contributed by atoms with E-state index in [1.165, 1.54) is 0 Å². The number of hydrogen-bond acceptors (Lipinski definition) is 2. The summed E-state index contributed by atoms with van der Waals surface area (Å²) in [7, 11) is 0. The molecule has 1 saturated heterocycles. The summed E-state index contributed by atoms with van der Waals surface area (Å²) in [5, 5.41) is 0.299. The van der Waals surface area contributed by atoms with Crippen molar-refractivity contribution in [3.05, 3.63) is 29.0 Å². The summed E-state index contributed by atoms with van der Waals surface area (Å²) in [6.07, 6.45) is 4.93. The minimum Gasteiger partial charge on any atom is -0.338 e. The summed E-state index contributed by atoms with van der Waals surface area (Å²) in [6, 6.07) is 3.50. The highest BCUT2D eigenvalue weighted by Gasteiger charge is 2.37. The zero-order chi connectivity index (χ0) is 13.2. The van der Waals surface area contributed by atoms with Crippen LogP contribution in [0.3, 0.4) is 0 Å². The Morgan fingerprint density at radius 3 is 2.78 bits per heavy atom. The summed E-state index contributed by atoms with van der Waals surface area (Å²) < 4.78 is 0. The van der Waals surface area contributed by atoms with E-state index in [1.807, 2.05) is 4.90 Å². The number of aromatic nitrogens is 1. The van der Waals surface area contributed by atoms with E-state index in [9.17, 15) is 4.79 Å². The third-order valence-corrected chi connectivity index (χ3v) is 4.52. The fraction of sp³-hybridized carbons (Fsp3) is 0.571. The van der Waals surface area contributed by atoms with Crippen LogP contribution in [0.2, 0.25) is 5.15 Å². The molecule has 1 aromatic rings. The van der Waals surface area contributed by atoms with Crippen LogP contribution in [-0.4, -0.2) is 28.9 Å². The van der Waals surface area contributed by atoms with E-state index in [0.29, 0.717) is 16.1 Å². The van der Waals surface area contributed by atoms with Crippen molar-refractivity contribution in [2.24, 2.45) is 5.41 Å². The maximum absolute atomic E-state index is 12.4. The van der Waals surface area contributed by atoms with Crippen molar-refractivity contribution in [2.75, 3.05) is 13.1 Å². The van der Waals surface area contributed by atoms with Gasteiger partial charge in [0.25, 0.3) is 5.91 Å². The van der Waals surface area contributed by atoms with Gasteiger partial charge in [-0.25, -0.2) is 4.98 Å². The second-order valence-corrected chi connectivity index (χ2v) is 5.38. The van der Waals surface area contributed by atoms with Gasteiger partial charge in [0, 0.05) is 19.3 Å². The van der Waals surface area contributed by atoms with Crippen molar-refractivity contribution in [1.82, 2.24) is 9.88 Å². The van der Waals surface area contributed by atoms with Crippen LogP contribution in [0.5, 0.6) is 0 Å². The van der Waals surface area contributed by atoms with Gasteiger partial charge in [-0.3, -0.25) is 4.79 Å². The third kappa shape index (κ3) is 2.37. The molecule has 0 saturated carbocycles. The number of halogens is 1. The van der Waals surface area contributed by atoms with Crippen molar-refractivity contribution in [2.45, 2.75) is 33.1 Å². The van der Waals surface area contributed by atoms with E-state index < -0.39 is 0 Å². The molecule has 3 nitrogen and oxygen atoms in total. The summed E-state index contributed by atoms with van der Waals surface area (Å²) in [5.41, 5.74) is 0.812. The Labute approximate surface area is 113 Å². The fourth-order valence-electron chi connectivity index (χ4n) is 2.65. The molecule has 1 fully saturated rings. The Morgan fingerprint density at radius 2 is 2.22 bits per heavy atom. The van der Waals surface area contributed by atoms with E-state index in [1.54, 1.807) is 18.3 Å². The van der Waals surface area contributed by atoms with Gasteiger partial charge >= 0.3 is 0 Å². The van der Waals surface area contributed by atoms with Gasteiger partial charge in [-0.05, 0) is 36.8 Å². The van der Waals surface area contributed by atoms with Gasteiger partial charge in [-0.1, -0.05) is 25.4 Å². The molecule has 1 aromatic heterocycles. The predicted molar refractivity (Wildman–Crippen MR) is 72.8 cm³/mol. The van der Waals surface area contributed by atoms with Crippen molar-refractivity contribution < 1.29 is 4.79 Å². The van der Waals surface area contributed by atoms with Crippen LogP contribution >= 0.6 is 11.6 Å². The summed E-state index contributed by atoms with van der Waals surface area (Å²) in [4.78, 5) is 18.3. The Hall–Kier alpha value is -1.09. The maximum Gasteiger partial charge on any atom is 0.257 e. The van der Waals surface area contributed by atoms with Gasteiger partial charge < -0.3 is 4.90 Å². The molecule has 0 aliphatic carbocycles. The monoisotopic (exact) mass is 266 g/mol. The molecule has 0 unspecified atom stereocenters. The Kier molecular flexibility index (Phi) is 3.91. The normalized spacial score (nSPS) is 18.1. The molecule has 0 atom stereocenters. The second kappa shape index (κ2) is 5.27. The molecule has 98 valence electrons. The lowest BCUT2D eigenvalue weighted by Gasteiger charge is -2.26. The molecule has 0 bridgehead atoms. The van der Waals surface area contributed by atoms with Crippen LogP contribution in [-0.2, 0) is 0 Å². The molecule has 0 spiro atoms. The maximum atomic E-state index is 12.4. The van der Waals surface area contributed by atoms with Crippen molar-refractivity contribution in [3.63, 3.8) is 0 Å². The molecule has 18 heavy (non-hydrogen) atoms. The minimum atomic E-state index is 0.0110. The standard InChI is InChI=1S/C14H19ClN2O/c1-3-14(4-2)7-9-17(10-14)13(18)11-6-5-8-16-12(11)15/h5-6,8H,3-4,7,9-10H2,1-2H3. The molecular formula is C14H19ClN2O. The highest BCUT2D eigenvalue weighted by Crippen LogP contribution is 2.37. The lowest BCUT2D eigenvalue weighted by molar-refractivity contribution is 0.0769. The quantitative estimate of drug-likeness (QED) is 0.786. The van der Waals surface area contributed by atoms with Crippen molar-refractivity contribution in [1.29, 1.82) is 0 Å². The SMILES string of the molecule is CCC1(CC)CCN(C(=O)c2cccnc2Cl)C1. The van der Waals surface area contributed by atoms with Gasteiger partial charge in [-0.15, -0.1) is 0 Å². The topological polar surface area (TPSA) is 33.2 Å².